The Kier molecular flexibility index (Phi) is 4.09. The zero-order valence-electron chi connectivity index (χ0n) is 9.64. The summed E-state index contributed by atoms with van der Waals surface area (Å²) in [5.41, 5.74) is 0. The smallest absolute Gasteiger partial charge is 0.144 e. The maximum atomic E-state index is 4.49. The molecule has 0 spiro atoms. The fourth-order valence-corrected chi connectivity index (χ4v) is 2.81. The lowest BCUT2D eigenvalue weighted by molar-refractivity contribution is 0.757. The van der Waals surface area contributed by atoms with E-state index in [1.165, 1.54) is 0 Å². The molecule has 2 aromatic rings. The van der Waals surface area contributed by atoms with E-state index >= 15 is 0 Å². The van der Waals surface area contributed by atoms with Gasteiger partial charge in [-0.1, -0.05) is 0 Å². The van der Waals surface area contributed by atoms with E-state index in [0.717, 1.165) is 21.1 Å². The summed E-state index contributed by atoms with van der Waals surface area (Å²) in [7, 11) is 3.89. The van der Waals surface area contributed by atoms with Gasteiger partial charge in [-0.05, 0) is 35.1 Å². The Labute approximate surface area is 113 Å². The second-order valence-electron chi connectivity index (χ2n) is 3.52. The molecular formula is C11H13BrN4S. The molecular weight excluding hydrogens is 300 g/mol. The summed E-state index contributed by atoms with van der Waals surface area (Å²) in [6.07, 6.45) is 1.79. The number of thiophene rings is 1. The van der Waals surface area contributed by atoms with Crippen LogP contribution >= 0.6 is 27.3 Å². The van der Waals surface area contributed by atoms with Crippen LogP contribution < -0.4 is 10.2 Å². The van der Waals surface area contributed by atoms with Gasteiger partial charge in [0.1, 0.15) is 11.6 Å². The summed E-state index contributed by atoms with van der Waals surface area (Å²) < 4.78 is 1.09. The van der Waals surface area contributed by atoms with Crippen molar-refractivity contribution in [2.24, 2.45) is 0 Å². The van der Waals surface area contributed by atoms with Crippen LogP contribution in [0.4, 0.5) is 10.8 Å². The van der Waals surface area contributed by atoms with Crippen LogP contribution in [0, 0.1) is 0 Å². The molecule has 0 aromatic carbocycles. The first-order chi connectivity index (χ1) is 8.20. The van der Waals surface area contributed by atoms with E-state index in [1.807, 2.05) is 20.2 Å². The van der Waals surface area contributed by atoms with Gasteiger partial charge in [-0.3, -0.25) is 0 Å². The number of rotatable bonds is 4. The molecule has 0 fully saturated rings. The Morgan fingerprint density at radius 3 is 3.00 bits per heavy atom. The van der Waals surface area contributed by atoms with Crippen LogP contribution in [-0.4, -0.2) is 24.1 Å². The highest BCUT2D eigenvalue weighted by atomic mass is 79.9. The van der Waals surface area contributed by atoms with Crippen LogP contribution in [0.25, 0.3) is 0 Å². The summed E-state index contributed by atoms with van der Waals surface area (Å²) in [5.74, 6) is 1.70. The molecule has 0 aliphatic heterocycles. The van der Waals surface area contributed by atoms with Crippen molar-refractivity contribution < 1.29 is 0 Å². The SMILES string of the molecule is CNCc1nccc(N(C)c2cc(Br)cs2)n1. The van der Waals surface area contributed by atoms with E-state index in [0.29, 0.717) is 6.54 Å². The minimum atomic E-state index is 0.676. The maximum absolute atomic E-state index is 4.49. The molecule has 0 unspecified atom stereocenters. The quantitative estimate of drug-likeness (QED) is 0.942. The first-order valence-electron chi connectivity index (χ1n) is 5.15. The second-order valence-corrected chi connectivity index (χ2v) is 5.33. The van der Waals surface area contributed by atoms with E-state index < -0.39 is 0 Å². The number of nitrogens with zero attached hydrogens (tertiary/aromatic N) is 3. The first kappa shape index (κ1) is 12.5. The van der Waals surface area contributed by atoms with E-state index in [4.69, 9.17) is 0 Å². The zero-order chi connectivity index (χ0) is 12.3. The van der Waals surface area contributed by atoms with Crippen molar-refractivity contribution in [3.8, 4) is 0 Å². The lowest BCUT2D eigenvalue weighted by Crippen LogP contribution is -2.14. The molecule has 2 rings (SSSR count). The highest BCUT2D eigenvalue weighted by Gasteiger charge is 2.08. The number of anilines is 2. The molecule has 0 atom stereocenters. The molecule has 0 aliphatic rings. The van der Waals surface area contributed by atoms with Crippen LogP contribution in [-0.2, 0) is 6.54 Å². The molecule has 1 N–H and O–H groups in total. The maximum Gasteiger partial charge on any atom is 0.144 e. The van der Waals surface area contributed by atoms with Crippen LogP contribution in [0.3, 0.4) is 0 Å². The molecule has 0 saturated carbocycles. The van der Waals surface area contributed by atoms with Crippen molar-refractivity contribution in [2.75, 3.05) is 19.0 Å². The van der Waals surface area contributed by atoms with Crippen molar-refractivity contribution in [3.05, 3.63) is 34.0 Å². The predicted octanol–water partition coefficient (Wildman–Crippen LogP) is 2.79. The van der Waals surface area contributed by atoms with Gasteiger partial charge in [-0.2, -0.15) is 0 Å². The lowest BCUT2D eigenvalue weighted by atomic mass is 10.4. The van der Waals surface area contributed by atoms with Crippen molar-refractivity contribution in [1.29, 1.82) is 0 Å². The van der Waals surface area contributed by atoms with Gasteiger partial charge in [0, 0.05) is 23.1 Å². The van der Waals surface area contributed by atoms with Gasteiger partial charge in [0.15, 0.2) is 0 Å². The molecule has 2 aromatic heterocycles. The van der Waals surface area contributed by atoms with Crippen molar-refractivity contribution in [1.82, 2.24) is 15.3 Å². The monoisotopic (exact) mass is 312 g/mol. The third-order valence-corrected chi connectivity index (χ3v) is 4.02. The Hall–Kier alpha value is -0.980. The number of hydrogen-bond donors (Lipinski definition) is 1. The van der Waals surface area contributed by atoms with Crippen LogP contribution in [0.1, 0.15) is 5.82 Å². The van der Waals surface area contributed by atoms with Gasteiger partial charge in [-0.15, -0.1) is 11.3 Å². The average Bonchev–Trinajstić information content (AvgIpc) is 2.76. The van der Waals surface area contributed by atoms with Crippen LogP contribution in [0.5, 0.6) is 0 Å². The number of nitrogens with one attached hydrogen (secondary N) is 1. The van der Waals surface area contributed by atoms with E-state index in [9.17, 15) is 0 Å². The fraction of sp³-hybridized carbons (Fsp3) is 0.273. The van der Waals surface area contributed by atoms with Gasteiger partial charge in [0.25, 0.3) is 0 Å². The van der Waals surface area contributed by atoms with Crippen LogP contribution in [0.15, 0.2) is 28.2 Å². The topological polar surface area (TPSA) is 41.1 Å². The molecule has 4 nitrogen and oxygen atoms in total. The van der Waals surface area contributed by atoms with E-state index in [1.54, 1.807) is 17.5 Å². The van der Waals surface area contributed by atoms with Gasteiger partial charge >= 0.3 is 0 Å². The highest BCUT2D eigenvalue weighted by molar-refractivity contribution is 9.10. The third-order valence-electron chi connectivity index (χ3n) is 2.25. The third kappa shape index (κ3) is 3.02. The van der Waals surface area contributed by atoms with Gasteiger partial charge in [0.2, 0.25) is 0 Å². The number of hydrogen-bond acceptors (Lipinski definition) is 5. The minimum absolute atomic E-state index is 0.676. The average molecular weight is 313 g/mol. The Morgan fingerprint density at radius 1 is 1.53 bits per heavy atom. The number of halogens is 1. The Bertz CT molecular complexity index is 500. The van der Waals surface area contributed by atoms with Crippen molar-refractivity contribution in [2.45, 2.75) is 6.54 Å². The fourth-order valence-electron chi connectivity index (χ4n) is 1.41. The normalized spacial score (nSPS) is 10.5. The first-order valence-corrected chi connectivity index (χ1v) is 6.82. The molecule has 2 heterocycles. The predicted molar refractivity (Wildman–Crippen MR) is 74.9 cm³/mol. The molecule has 6 heteroatoms. The van der Waals surface area contributed by atoms with Crippen molar-refractivity contribution in [3.63, 3.8) is 0 Å². The highest BCUT2D eigenvalue weighted by Crippen LogP contribution is 2.31. The molecule has 0 bridgehead atoms. The molecule has 90 valence electrons. The largest absolute Gasteiger partial charge is 0.321 e. The molecule has 0 saturated heterocycles. The molecule has 0 aliphatic carbocycles. The number of aromatic nitrogens is 2. The summed E-state index contributed by atoms with van der Waals surface area (Å²) >= 11 is 5.13. The summed E-state index contributed by atoms with van der Waals surface area (Å²) in [5, 5.41) is 6.25. The zero-order valence-corrected chi connectivity index (χ0v) is 12.0. The molecule has 0 amide bonds. The van der Waals surface area contributed by atoms with E-state index in [-0.39, 0.29) is 0 Å². The van der Waals surface area contributed by atoms with Gasteiger partial charge < -0.3 is 10.2 Å². The second kappa shape index (κ2) is 5.57. The van der Waals surface area contributed by atoms with Gasteiger partial charge in [0.05, 0.1) is 11.5 Å². The van der Waals surface area contributed by atoms with Crippen LogP contribution in [0.2, 0.25) is 0 Å². The Balaban J connectivity index is 2.24. The summed E-state index contributed by atoms with van der Waals surface area (Å²) in [6, 6.07) is 3.98. The minimum Gasteiger partial charge on any atom is -0.321 e. The Morgan fingerprint density at radius 2 is 2.35 bits per heavy atom. The molecule has 17 heavy (non-hydrogen) atoms. The van der Waals surface area contributed by atoms with E-state index in [2.05, 4.69) is 47.6 Å². The standard InChI is InChI=1S/C11H13BrN4S/c1-13-6-9-14-4-3-10(15-9)16(2)11-5-8(12)7-17-11/h3-5,7,13H,6H2,1-2H3. The van der Waals surface area contributed by atoms with Crippen molar-refractivity contribution >= 4 is 38.1 Å². The summed E-state index contributed by atoms with van der Waals surface area (Å²) in [6.45, 7) is 0.676. The lowest BCUT2D eigenvalue weighted by Gasteiger charge is -2.16. The molecule has 0 radical (unpaired) electrons. The summed E-state index contributed by atoms with van der Waals surface area (Å²) in [4.78, 5) is 10.7. The van der Waals surface area contributed by atoms with Gasteiger partial charge in [-0.25, -0.2) is 9.97 Å².